The van der Waals surface area contributed by atoms with Gasteiger partial charge in [-0.2, -0.15) is 0 Å². The lowest BCUT2D eigenvalue weighted by Crippen LogP contribution is -2.27. The maximum Gasteiger partial charge on any atom is 0.244 e. The van der Waals surface area contributed by atoms with Crippen molar-refractivity contribution in [2.45, 2.75) is 6.04 Å². The van der Waals surface area contributed by atoms with Crippen LogP contribution in [0.1, 0.15) is 22.9 Å². The summed E-state index contributed by atoms with van der Waals surface area (Å²) in [6, 6.07) is 17.1. The van der Waals surface area contributed by atoms with Crippen molar-refractivity contribution in [3.8, 4) is 0 Å². The summed E-state index contributed by atoms with van der Waals surface area (Å²) in [5.74, 6) is -0.183. The number of hydrogen-bond acceptors (Lipinski definition) is 3. The molecule has 3 rings (SSSR count). The predicted molar refractivity (Wildman–Crippen MR) is 99.0 cm³/mol. The van der Waals surface area contributed by atoms with Crippen LogP contribution >= 0.6 is 22.9 Å². The number of benzene rings is 2. The predicted octanol–water partition coefficient (Wildman–Crippen LogP) is 4.72. The summed E-state index contributed by atoms with van der Waals surface area (Å²) >= 11 is 7.60. The van der Waals surface area contributed by atoms with Crippen LogP contribution in [0.3, 0.4) is 0 Å². The quantitative estimate of drug-likeness (QED) is 0.674. The van der Waals surface area contributed by atoms with Gasteiger partial charge in [0.2, 0.25) is 5.91 Å². The fourth-order valence-electron chi connectivity index (χ4n) is 2.35. The van der Waals surface area contributed by atoms with Gasteiger partial charge in [0, 0.05) is 16.5 Å². The van der Waals surface area contributed by atoms with E-state index in [0.29, 0.717) is 5.02 Å². The normalized spacial score (nSPS) is 12.2. The van der Waals surface area contributed by atoms with Crippen molar-refractivity contribution in [3.63, 3.8) is 0 Å². The molecule has 2 aromatic carbocycles. The molecule has 5 heteroatoms. The molecule has 24 heavy (non-hydrogen) atoms. The number of carbonyl (C=O) groups is 1. The Balaban J connectivity index is 1.84. The molecule has 0 saturated heterocycles. The molecule has 120 valence electrons. The van der Waals surface area contributed by atoms with Crippen molar-refractivity contribution >= 4 is 34.9 Å². The highest BCUT2D eigenvalue weighted by Gasteiger charge is 2.15. The molecule has 1 aromatic heterocycles. The smallest absolute Gasteiger partial charge is 0.244 e. The maximum absolute atomic E-state index is 12.3. The molecule has 1 heterocycles. The molecule has 0 aliphatic rings. The highest BCUT2D eigenvalue weighted by Crippen LogP contribution is 2.24. The summed E-state index contributed by atoms with van der Waals surface area (Å²) in [7, 11) is 0. The zero-order chi connectivity index (χ0) is 16.8. The third-order valence-corrected chi connectivity index (χ3v) is 4.30. The van der Waals surface area contributed by atoms with Crippen molar-refractivity contribution < 1.29 is 4.79 Å². The third kappa shape index (κ3) is 4.31. The Morgan fingerprint density at radius 1 is 1.12 bits per heavy atom. The number of carbonyl (C=O) groups excluding carboxylic acids is 1. The molecule has 0 spiro atoms. The number of nitrogens with zero attached hydrogens (tertiary/aromatic N) is 1. The number of aromatic nitrogens is 1. The van der Waals surface area contributed by atoms with Crippen molar-refractivity contribution in [1.29, 1.82) is 0 Å². The molecule has 1 N–H and O–H groups in total. The molecule has 3 aromatic rings. The standard InChI is InChI=1S/C19H15ClN2OS/c20-16-8-4-7-15(11-16)19(14-5-2-1-3-6-14)22-18(23)10-9-17-12-24-13-21-17/h1-13,19H,(H,22,23)/b10-9+. The lowest BCUT2D eigenvalue weighted by atomic mass is 9.98. The van der Waals surface area contributed by atoms with Gasteiger partial charge in [-0.15, -0.1) is 11.3 Å². The van der Waals surface area contributed by atoms with Crippen LogP contribution in [0.4, 0.5) is 0 Å². The molecule has 0 aliphatic carbocycles. The first-order chi connectivity index (χ1) is 11.7. The van der Waals surface area contributed by atoms with E-state index in [1.54, 1.807) is 11.6 Å². The van der Waals surface area contributed by atoms with Crippen LogP contribution in [-0.4, -0.2) is 10.9 Å². The Kier molecular flexibility index (Phi) is 5.41. The van der Waals surface area contributed by atoms with E-state index in [-0.39, 0.29) is 11.9 Å². The van der Waals surface area contributed by atoms with Gasteiger partial charge in [-0.25, -0.2) is 4.98 Å². The van der Waals surface area contributed by atoms with E-state index in [1.165, 1.54) is 17.4 Å². The van der Waals surface area contributed by atoms with Crippen LogP contribution in [0.15, 0.2) is 71.6 Å². The molecule has 0 radical (unpaired) electrons. The van der Waals surface area contributed by atoms with Gasteiger partial charge in [-0.05, 0) is 29.3 Å². The van der Waals surface area contributed by atoms with Crippen molar-refractivity contribution in [3.05, 3.63) is 93.4 Å². The molecule has 1 atom stereocenters. The second-order valence-electron chi connectivity index (χ2n) is 5.15. The number of rotatable bonds is 5. The van der Waals surface area contributed by atoms with E-state index in [0.717, 1.165) is 16.8 Å². The zero-order valence-electron chi connectivity index (χ0n) is 12.7. The summed E-state index contributed by atoms with van der Waals surface area (Å²) in [4.78, 5) is 16.5. The largest absolute Gasteiger partial charge is 0.342 e. The van der Waals surface area contributed by atoms with Gasteiger partial charge in [-0.3, -0.25) is 4.79 Å². The number of thiazole rings is 1. The Bertz CT molecular complexity index is 832. The minimum atomic E-state index is -0.266. The molecule has 3 nitrogen and oxygen atoms in total. The number of halogens is 1. The van der Waals surface area contributed by atoms with Crippen molar-refractivity contribution in [2.75, 3.05) is 0 Å². The van der Waals surface area contributed by atoms with Crippen LogP contribution in [-0.2, 0) is 4.79 Å². The monoisotopic (exact) mass is 354 g/mol. The first kappa shape index (κ1) is 16.4. The second kappa shape index (κ2) is 7.90. The Labute approximate surface area is 149 Å². The molecule has 1 unspecified atom stereocenters. The molecule has 0 bridgehead atoms. The lowest BCUT2D eigenvalue weighted by molar-refractivity contribution is -0.116. The molecule has 1 amide bonds. The number of amides is 1. The van der Waals surface area contributed by atoms with E-state index >= 15 is 0 Å². The second-order valence-corrected chi connectivity index (χ2v) is 6.31. The van der Waals surface area contributed by atoms with Gasteiger partial charge in [0.1, 0.15) is 0 Å². The maximum atomic E-state index is 12.3. The summed E-state index contributed by atoms with van der Waals surface area (Å²) < 4.78 is 0. The SMILES string of the molecule is O=C(/C=C/c1cscn1)NC(c1ccccc1)c1cccc(Cl)c1. The highest BCUT2D eigenvalue weighted by atomic mass is 35.5. The average molecular weight is 355 g/mol. The van der Waals surface area contributed by atoms with E-state index in [4.69, 9.17) is 11.6 Å². The summed E-state index contributed by atoms with van der Waals surface area (Å²) in [6.07, 6.45) is 3.20. The van der Waals surface area contributed by atoms with E-state index in [1.807, 2.05) is 60.0 Å². The van der Waals surface area contributed by atoms with Gasteiger partial charge >= 0.3 is 0 Å². The molecular formula is C19H15ClN2OS. The van der Waals surface area contributed by atoms with Gasteiger partial charge in [0.05, 0.1) is 17.2 Å². The zero-order valence-corrected chi connectivity index (χ0v) is 14.3. The van der Waals surface area contributed by atoms with Crippen LogP contribution in [0.5, 0.6) is 0 Å². The minimum absolute atomic E-state index is 0.183. The van der Waals surface area contributed by atoms with Gasteiger partial charge < -0.3 is 5.32 Å². The minimum Gasteiger partial charge on any atom is -0.342 e. The van der Waals surface area contributed by atoms with Gasteiger partial charge in [0.25, 0.3) is 0 Å². The molecule has 0 saturated carbocycles. The highest BCUT2D eigenvalue weighted by molar-refractivity contribution is 7.07. The van der Waals surface area contributed by atoms with Crippen LogP contribution in [0.25, 0.3) is 6.08 Å². The van der Waals surface area contributed by atoms with Gasteiger partial charge in [-0.1, -0.05) is 54.1 Å². The Hall–Kier alpha value is -2.43. The van der Waals surface area contributed by atoms with Crippen molar-refractivity contribution in [1.82, 2.24) is 10.3 Å². The number of hydrogen-bond donors (Lipinski definition) is 1. The average Bonchev–Trinajstić information content (AvgIpc) is 3.12. The fourth-order valence-corrected chi connectivity index (χ4v) is 3.07. The summed E-state index contributed by atoms with van der Waals surface area (Å²) in [5.41, 5.74) is 4.43. The van der Waals surface area contributed by atoms with Crippen LogP contribution in [0, 0.1) is 0 Å². The van der Waals surface area contributed by atoms with E-state index < -0.39 is 0 Å². The topological polar surface area (TPSA) is 42.0 Å². The molecule has 0 fully saturated rings. The lowest BCUT2D eigenvalue weighted by Gasteiger charge is -2.19. The van der Waals surface area contributed by atoms with Crippen LogP contribution < -0.4 is 5.32 Å². The summed E-state index contributed by atoms with van der Waals surface area (Å²) in [6.45, 7) is 0. The molecule has 0 aliphatic heterocycles. The van der Waals surface area contributed by atoms with E-state index in [9.17, 15) is 4.79 Å². The summed E-state index contributed by atoms with van der Waals surface area (Å²) in [5, 5.41) is 5.55. The van der Waals surface area contributed by atoms with E-state index in [2.05, 4.69) is 10.3 Å². The Morgan fingerprint density at radius 3 is 2.62 bits per heavy atom. The molecular weight excluding hydrogens is 340 g/mol. The number of nitrogens with one attached hydrogen (secondary N) is 1. The third-order valence-electron chi connectivity index (χ3n) is 3.46. The first-order valence-electron chi connectivity index (χ1n) is 7.39. The first-order valence-corrected chi connectivity index (χ1v) is 8.71. The fraction of sp³-hybridized carbons (Fsp3) is 0.0526. The Morgan fingerprint density at radius 2 is 1.92 bits per heavy atom. The van der Waals surface area contributed by atoms with Crippen molar-refractivity contribution in [2.24, 2.45) is 0 Å². The van der Waals surface area contributed by atoms with Crippen LogP contribution in [0.2, 0.25) is 5.02 Å². The van der Waals surface area contributed by atoms with Gasteiger partial charge in [0.15, 0.2) is 0 Å².